The number of amides is 1. The van der Waals surface area contributed by atoms with Gasteiger partial charge in [0.05, 0.1) is 13.2 Å². The topological polar surface area (TPSA) is 53.6 Å². The molecule has 1 unspecified atom stereocenters. The van der Waals surface area contributed by atoms with Crippen molar-refractivity contribution in [3.8, 4) is 0 Å². The maximum atomic E-state index is 11.7. The van der Waals surface area contributed by atoms with Crippen LogP contribution in [0.1, 0.15) is 20.8 Å². The second-order valence-electron chi connectivity index (χ2n) is 3.75. The molecule has 6 heteroatoms. The lowest BCUT2D eigenvalue weighted by atomic mass is 10.4. The minimum Gasteiger partial charge on any atom is -0.383 e. The van der Waals surface area contributed by atoms with Crippen molar-refractivity contribution < 1.29 is 9.53 Å². The quantitative estimate of drug-likeness (QED) is 0.648. The Kier molecular flexibility index (Phi) is 8.71. The third kappa shape index (κ3) is 7.12. The zero-order valence-corrected chi connectivity index (χ0v) is 11.9. The first-order chi connectivity index (χ1) is 8.04. The summed E-state index contributed by atoms with van der Waals surface area (Å²) in [5, 5.41) is 6.41. The monoisotopic (exact) mass is 261 g/mol. The molecule has 100 valence electrons. The molecule has 0 saturated heterocycles. The summed E-state index contributed by atoms with van der Waals surface area (Å²) in [4.78, 5) is 13.4. The Morgan fingerprint density at radius 2 is 2.00 bits per heavy atom. The van der Waals surface area contributed by atoms with Gasteiger partial charge in [0.1, 0.15) is 0 Å². The summed E-state index contributed by atoms with van der Waals surface area (Å²) < 4.78 is 4.98. The summed E-state index contributed by atoms with van der Waals surface area (Å²) in [6.07, 6.45) is 0. The van der Waals surface area contributed by atoms with E-state index >= 15 is 0 Å². The van der Waals surface area contributed by atoms with Crippen molar-refractivity contribution in [2.45, 2.75) is 26.8 Å². The van der Waals surface area contributed by atoms with E-state index in [0.717, 1.165) is 13.1 Å². The maximum absolute atomic E-state index is 11.7. The van der Waals surface area contributed by atoms with Crippen molar-refractivity contribution in [2.75, 3.05) is 33.4 Å². The van der Waals surface area contributed by atoms with E-state index in [1.807, 2.05) is 20.8 Å². The first kappa shape index (κ1) is 16.1. The van der Waals surface area contributed by atoms with Crippen LogP contribution < -0.4 is 10.6 Å². The second kappa shape index (κ2) is 9.18. The number of carbonyl (C=O) groups excluding carboxylic acids is 1. The third-order valence-corrected chi connectivity index (χ3v) is 2.57. The normalized spacial score (nSPS) is 11.8. The SMILES string of the molecule is CCN(CC)C(=O)CNC(=S)NC(C)COC. The van der Waals surface area contributed by atoms with Gasteiger partial charge in [-0.15, -0.1) is 0 Å². The number of likely N-dealkylation sites (N-methyl/N-ethyl adjacent to an activating group) is 1. The van der Waals surface area contributed by atoms with Gasteiger partial charge in [0.2, 0.25) is 5.91 Å². The van der Waals surface area contributed by atoms with Crippen molar-refractivity contribution in [2.24, 2.45) is 0 Å². The zero-order chi connectivity index (χ0) is 13.3. The number of hydrogen-bond donors (Lipinski definition) is 2. The fraction of sp³-hybridized carbons (Fsp3) is 0.818. The highest BCUT2D eigenvalue weighted by molar-refractivity contribution is 7.80. The molecule has 0 saturated carbocycles. The summed E-state index contributed by atoms with van der Waals surface area (Å²) >= 11 is 5.07. The summed E-state index contributed by atoms with van der Waals surface area (Å²) in [6, 6.07) is 0.128. The van der Waals surface area contributed by atoms with Gasteiger partial charge in [0, 0.05) is 26.2 Å². The molecule has 0 aliphatic heterocycles. The van der Waals surface area contributed by atoms with Crippen LogP contribution in [0, 0.1) is 0 Å². The Morgan fingerprint density at radius 3 is 2.47 bits per heavy atom. The van der Waals surface area contributed by atoms with Crippen LogP contribution in [-0.2, 0) is 9.53 Å². The predicted molar refractivity (Wildman–Crippen MR) is 73.0 cm³/mol. The molecule has 5 nitrogen and oxygen atoms in total. The van der Waals surface area contributed by atoms with Crippen molar-refractivity contribution >= 4 is 23.2 Å². The highest BCUT2D eigenvalue weighted by Gasteiger charge is 2.10. The lowest BCUT2D eigenvalue weighted by molar-refractivity contribution is -0.129. The van der Waals surface area contributed by atoms with Crippen LogP contribution in [0.3, 0.4) is 0 Å². The molecule has 2 N–H and O–H groups in total. The van der Waals surface area contributed by atoms with E-state index in [9.17, 15) is 4.79 Å². The second-order valence-corrected chi connectivity index (χ2v) is 4.16. The van der Waals surface area contributed by atoms with Crippen molar-refractivity contribution in [3.63, 3.8) is 0 Å². The van der Waals surface area contributed by atoms with Crippen LogP contribution in [0.4, 0.5) is 0 Å². The van der Waals surface area contributed by atoms with Gasteiger partial charge in [-0.05, 0) is 33.0 Å². The van der Waals surface area contributed by atoms with Crippen LogP contribution in [-0.4, -0.2) is 55.3 Å². The van der Waals surface area contributed by atoms with E-state index in [1.165, 1.54) is 0 Å². The van der Waals surface area contributed by atoms with Gasteiger partial charge in [0.25, 0.3) is 0 Å². The highest BCUT2D eigenvalue weighted by Crippen LogP contribution is 1.88. The van der Waals surface area contributed by atoms with E-state index in [2.05, 4.69) is 10.6 Å². The van der Waals surface area contributed by atoms with Gasteiger partial charge in [-0.1, -0.05) is 0 Å². The van der Waals surface area contributed by atoms with Gasteiger partial charge >= 0.3 is 0 Å². The van der Waals surface area contributed by atoms with Crippen molar-refractivity contribution in [1.29, 1.82) is 0 Å². The molecule has 0 fully saturated rings. The van der Waals surface area contributed by atoms with E-state index < -0.39 is 0 Å². The van der Waals surface area contributed by atoms with Crippen LogP contribution in [0.15, 0.2) is 0 Å². The third-order valence-electron chi connectivity index (χ3n) is 2.31. The van der Waals surface area contributed by atoms with Crippen LogP contribution >= 0.6 is 12.2 Å². The van der Waals surface area contributed by atoms with Gasteiger partial charge in [-0.3, -0.25) is 4.79 Å². The van der Waals surface area contributed by atoms with Crippen LogP contribution in [0.5, 0.6) is 0 Å². The number of nitrogens with zero attached hydrogens (tertiary/aromatic N) is 1. The minimum absolute atomic E-state index is 0.0542. The predicted octanol–water partition coefficient (Wildman–Crippen LogP) is 0.354. The molecule has 17 heavy (non-hydrogen) atoms. The number of methoxy groups -OCH3 is 1. The van der Waals surface area contributed by atoms with Crippen LogP contribution in [0.25, 0.3) is 0 Å². The fourth-order valence-electron chi connectivity index (χ4n) is 1.41. The molecule has 0 bridgehead atoms. The Balaban J connectivity index is 3.87. The summed E-state index contributed by atoms with van der Waals surface area (Å²) in [5.74, 6) is 0.0542. The van der Waals surface area contributed by atoms with Crippen molar-refractivity contribution in [1.82, 2.24) is 15.5 Å². The number of nitrogens with one attached hydrogen (secondary N) is 2. The Labute approximate surface area is 109 Å². The van der Waals surface area contributed by atoms with Crippen LogP contribution in [0.2, 0.25) is 0 Å². The first-order valence-corrected chi connectivity index (χ1v) is 6.27. The Bertz CT molecular complexity index is 245. The molecule has 0 rings (SSSR count). The van der Waals surface area contributed by atoms with Gasteiger partial charge in [-0.2, -0.15) is 0 Å². The van der Waals surface area contributed by atoms with Gasteiger partial charge in [-0.25, -0.2) is 0 Å². The van der Waals surface area contributed by atoms with Crippen molar-refractivity contribution in [3.05, 3.63) is 0 Å². The average Bonchev–Trinajstić information content (AvgIpc) is 2.28. The molecule has 0 heterocycles. The molecule has 0 aromatic heterocycles. The lowest BCUT2D eigenvalue weighted by Crippen LogP contribution is -2.46. The lowest BCUT2D eigenvalue weighted by Gasteiger charge is -2.20. The number of rotatable bonds is 7. The Hall–Kier alpha value is -0.880. The van der Waals surface area contributed by atoms with E-state index in [1.54, 1.807) is 12.0 Å². The summed E-state index contributed by atoms with van der Waals surface area (Å²) in [7, 11) is 1.64. The molecule has 1 atom stereocenters. The summed E-state index contributed by atoms with van der Waals surface area (Å²) in [6.45, 7) is 8.12. The minimum atomic E-state index is 0.0542. The van der Waals surface area contributed by atoms with E-state index in [-0.39, 0.29) is 18.5 Å². The first-order valence-electron chi connectivity index (χ1n) is 5.86. The molecular weight excluding hydrogens is 238 g/mol. The molecule has 0 aromatic carbocycles. The van der Waals surface area contributed by atoms with Gasteiger partial charge < -0.3 is 20.3 Å². The maximum Gasteiger partial charge on any atom is 0.241 e. The fourth-order valence-corrected chi connectivity index (χ4v) is 1.68. The largest absolute Gasteiger partial charge is 0.383 e. The average molecular weight is 261 g/mol. The molecule has 1 amide bonds. The molecule has 0 spiro atoms. The molecular formula is C11H23N3O2S. The standard InChI is InChI=1S/C11H23N3O2S/c1-5-14(6-2)10(15)7-12-11(17)13-9(3)8-16-4/h9H,5-8H2,1-4H3,(H2,12,13,17). The summed E-state index contributed by atoms with van der Waals surface area (Å²) in [5.41, 5.74) is 0. The molecule has 0 aliphatic rings. The number of ether oxygens (including phenoxy) is 1. The number of hydrogen-bond acceptors (Lipinski definition) is 3. The molecule has 0 aromatic rings. The highest BCUT2D eigenvalue weighted by atomic mass is 32.1. The van der Waals surface area contributed by atoms with Gasteiger partial charge in [0.15, 0.2) is 5.11 Å². The zero-order valence-electron chi connectivity index (χ0n) is 11.1. The Morgan fingerprint density at radius 1 is 1.41 bits per heavy atom. The molecule has 0 aliphatic carbocycles. The number of thiocarbonyl (C=S) groups is 1. The molecule has 0 radical (unpaired) electrons. The van der Waals surface area contributed by atoms with E-state index in [4.69, 9.17) is 17.0 Å². The number of carbonyl (C=O) groups is 1. The smallest absolute Gasteiger partial charge is 0.241 e. The van der Waals surface area contributed by atoms with E-state index in [0.29, 0.717) is 11.7 Å².